The molecule has 1 aromatic carbocycles. The second-order valence-electron chi connectivity index (χ2n) is 7.64. The van der Waals surface area contributed by atoms with Gasteiger partial charge in [-0.05, 0) is 36.8 Å². The van der Waals surface area contributed by atoms with Crippen LogP contribution >= 0.6 is 0 Å². The van der Waals surface area contributed by atoms with Crippen molar-refractivity contribution >= 4 is 5.91 Å². The highest BCUT2D eigenvalue weighted by Gasteiger charge is 2.60. The summed E-state index contributed by atoms with van der Waals surface area (Å²) in [7, 11) is 1.98. The van der Waals surface area contributed by atoms with Gasteiger partial charge >= 0.3 is 0 Å². The van der Waals surface area contributed by atoms with E-state index in [9.17, 15) is 4.79 Å². The van der Waals surface area contributed by atoms with Crippen molar-refractivity contribution in [1.82, 2.24) is 9.80 Å². The third kappa shape index (κ3) is 2.86. The molecule has 1 saturated carbocycles. The zero-order valence-electron chi connectivity index (χ0n) is 14.7. The first-order valence-electron chi connectivity index (χ1n) is 9.34. The first-order chi connectivity index (χ1) is 11.7. The minimum atomic E-state index is 0.152. The molecular weight excluding hydrogens is 300 g/mol. The zero-order valence-corrected chi connectivity index (χ0v) is 14.7. The summed E-state index contributed by atoms with van der Waals surface area (Å²) in [6.07, 6.45) is 4.62. The van der Waals surface area contributed by atoms with Gasteiger partial charge in [0.15, 0.2) is 0 Å². The van der Waals surface area contributed by atoms with Crippen LogP contribution in [0.15, 0.2) is 24.3 Å². The number of rotatable bonds is 4. The van der Waals surface area contributed by atoms with E-state index in [1.165, 1.54) is 30.4 Å². The van der Waals surface area contributed by atoms with Crippen molar-refractivity contribution in [3.05, 3.63) is 35.4 Å². The van der Waals surface area contributed by atoms with Gasteiger partial charge < -0.3 is 9.64 Å². The Balaban J connectivity index is 1.38. The number of benzene rings is 1. The maximum atomic E-state index is 12.9. The van der Waals surface area contributed by atoms with Gasteiger partial charge in [0.1, 0.15) is 0 Å². The van der Waals surface area contributed by atoms with Crippen LogP contribution in [-0.4, -0.2) is 62.1 Å². The Morgan fingerprint density at radius 1 is 1.33 bits per heavy atom. The molecule has 0 N–H and O–H groups in total. The number of likely N-dealkylation sites (N-methyl/N-ethyl adjacent to an activating group) is 1. The van der Waals surface area contributed by atoms with E-state index < -0.39 is 0 Å². The highest BCUT2D eigenvalue weighted by molar-refractivity contribution is 5.84. The lowest BCUT2D eigenvalue weighted by Gasteiger charge is -2.30. The van der Waals surface area contributed by atoms with Crippen LogP contribution in [0.5, 0.6) is 0 Å². The lowest BCUT2D eigenvalue weighted by molar-refractivity contribution is -0.132. The van der Waals surface area contributed by atoms with Crippen molar-refractivity contribution in [2.75, 3.05) is 46.4 Å². The first-order valence-corrected chi connectivity index (χ1v) is 9.34. The summed E-state index contributed by atoms with van der Waals surface area (Å²) < 4.78 is 5.39. The highest BCUT2D eigenvalue weighted by Crippen LogP contribution is 2.60. The topological polar surface area (TPSA) is 32.8 Å². The predicted octanol–water partition coefficient (Wildman–Crippen LogP) is 2.07. The van der Waals surface area contributed by atoms with Gasteiger partial charge in [-0.25, -0.2) is 0 Å². The van der Waals surface area contributed by atoms with Gasteiger partial charge in [0.2, 0.25) is 5.91 Å². The van der Waals surface area contributed by atoms with E-state index in [1.54, 1.807) is 0 Å². The quantitative estimate of drug-likeness (QED) is 0.848. The summed E-state index contributed by atoms with van der Waals surface area (Å²) in [6.45, 7) is 5.40. The van der Waals surface area contributed by atoms with E-state index in [2.05, 4.69) is 29.2 Å². The lowest BCUT2D eigenvalue weighted by atomic mass is 9.78. The van der Waals surface area contributed by atoms with Crippen molar-refractivity contribution in [3.63, 3.8) is 0 Å². The third-order valence-electron chi connectivity index (χ3n) is 6.23. The summed E-state index contributed by atoms with van der Waals surface area (Å²) in [5, 5.41) is 0. The van der Waals surface area contributed by atoms with Gasteiger partial charge in [0.25, 0.3) is 0 Å². The minimum absolute atomic E-state index is 0.152. The van der Waals surface area contributed by atoms with Crippen molar-refractivity contribution in [2.24, 2.45) is 5.92 Å². The molecule has 3 aliphatic rings. The normalized spacial score (nSPS) is 29.3. The molecule has 4 nitrogen and oxygen atoms in total. The second kappa shape index (κ2) is 6.49. The molecule has 1 heterocycles. The second-order valence-corrected chi connectivity index (χ2v) is 7.64. The molecule has 4 rings (SSSR count). The van der Waals surface area contributed by atoms with Gasteiger partial charge in [0.05, 0.1) is 13.2 Å². The number of carbonyl (C=O) groups is 1. The monoisotopic (exact) mass is 328 g/mol. The Bertz CT molecular complexity index is 611. The molecule has 4 heteroatoms. The first kappa shape index (κ1) is 16.1. The van der Waals surface area contributed by atoms with Crippen LogP contribution in [0.2, 0.25) is 0 Å². The molecular formula is C20H28N2O2. The summed E-state index contributed by atoms with van der Waals surface area (Å²) in [5.41, 5.74) is 3.07. The molecule has 2 fully saturated rings. The molecule has 1 spiro atoms. The Labute approximate surface area is 144 Å². The maximum Gasteiger partial charge on any atom is 0.226 e. The van der Waals surface area contributed by atoms with E-state index in [0.717, 1.165) is 45.8 Å². The largest absolute Gasteiger partial charge is 0.379 e. The molecule has 0 radical (unpaired) electrons. The third-order valence-corrected chi connectivity index (χ3v) is 6.23. The molecule has 1 amide bonds. The van der Waals surface area contributed by atoms with Crippen LogP contribution in [0.1, 0.15) is 30.4 Å². The SMILES string of the molecule is CN(CCN1CCOCC1)C(=O)[C@H]1C[C@]12CCCc1ccccc12. The maximum absolute atomic E-state index is 12.9. The van der Waals surface area contributed by atoms with Crippen LogP contribution in [0, 0.1) is 5.92 Å². The van der Waals surface area contributed by atoms with E-state index in [-0.39, 0.29) is 11.3 Å². The molecule has 130 valence electrons. The van der Waals surface area contributed by atoms with E-state index in [4.69, 9.17) is 4.74 Å². The van der Waals surface area contributed by atoms with Gasteiger partial charge in [-0.15, -0.1) is 0 Å². The number of morpholine rings is 1. The Morgan fingerprint density at radius 3 is 2.96 bits per heavy atom. The number of ether oxygens (including phenoxy) is 1. The van der Waals surface area contributed by atoms with Gasteiger partial charge in [-0.1, -0.05) is 24.3 Å². The molecule has 2 aliphatic carbocycles. The van der Waals surface area contributed by atoms with Crippen LogP contribution < -0.4 is 0 Å². The Kier molecular flexibility index (Phi) is 4.35. The highest BCUT2D eigenvalue weighted by atomic mass is 16.5. The van der Waals surface area contributed by atoms with Crippen LogP contribution in [-0.2, 0) is 21.4 Å². The standard InChI is InChI=1S/C20H28N2O2/c1-21(9-10-22-11-13-24-14-12-22)19(23)18-15-20(18)8-4-6-16-5-2-3-7-17(16)20/h2-3,5,7,18H,4,6,8-15H2,1H3/t18-,20+/m1/s1. The fourth-order valence-electron chi connectivity index (χ4n) is 4.65. The number of fused-ring (bicyclic) bond motifs is 2. The molecule has 2 atom stereocenters. The number of amides is 1. The molecule has 1 aromatic rings. The summed E-state index contributed by atoms with van der Waals surface area (Å²) >= 11 is 0. The number of nitrogens with zero attached hydrogens (tertiary/aromatic N) is 2. The average Bonchev–Trinajstić information content (AvgIpc) is 3.35. The number of aryl methyl sites for hydroxylation is 1. The number of carbonyl (C=O) groups excluding carboxylic acids is 1. The smallest absolute Gasteiger partial charge is 0.226 e. The average molecular weight is 328 g/mol. The summed E-state index contributed by atoms with van der Waals surface area (Å²) in [4.78, 5) is 17.3. The van der Waals surface area contributed by atoms with Crippen LogP contribution in [0.3, 0.4) is 0 Å². The van der Waals surface area contributed by atoms with Crippen molar-refractivity contribution in [2.45, 2.75) is 31.1 Å². The Hall–Kier alpha value is -1.39. The van der Waals surface area contributed by atoms with Gasteiger partial charge in [-0.3, -0.25) is 9.69 Å². The van der Waals surface area contributed by atoms with Crippen LogP contribution in [0.4, 0.5) is 0 Å². The zero-order chi connectivity index (χ0) is 16.6. The molecule has 0 bridgehead atoms. The number of hydrogen-bond acceptors (Lipinski definition) is 3. The summed E-state index contributed by atoms with van der Waals surface area (Å²) in [6, 6.07) is 8.77. The fraction of sp³-hybridized carbons (Fsp3) is 0.650. The van der Waals surface area contributed by atoms with Crippen molar-refractivity contribution < 1.29 is 9.53 Å². The van der Waals surface area contributed by atoms with Crippen LogP contribution in [0.25, 0.3) is 0 Å². The van der Waals surface area contributed by atoms with Crippen molar-refractivity contribution in [1.29, 1.82) is 0 Å². The lowest BCUT2D eigenvalue weighted by Crippen LogP contribution is -2.42. The molecule has 24 heavy (non-hydrogen) atoms. The van der Waals surface area contributed by atoms with E-state index >= 15 is 0 Å². The fourth-order valence-corrected chi connectivity index (χ4v) is 4.65. The van der Waals surface area contributed by atoms with Gasteiger partial charge in [0, 0.05) is 44.6 Å². The van der Waals surface area contributed by atoms with E-state index in [0.29, 0.717) is 5.91 Å². The molecule has 1 aliphatic heterocycles. The molecule has 0 aromatic heterocycles. The molecule has 0 unspecified atom stereocenters. The number of hydrogen-bond donors (Lipinski definition) is 0. The van der Waals surface area contributed by atoms with E-state index in [1.807, 2.05) is 11.9 Å². The molecule has 1 saturated heterocycles. The Morgan fingerprint density at radius 2 is 2.12 bits per heavy atom. The van der Waals surface area contributed by atoms with Crippen molar-refractivity contribution in [3.8, 4) is 0 Å². The van der Waals surface area contributed by atoms with Gasteiger partial charge in [-0.2, -0.15) is 0 Å². The summed E-state index contributed by atoms with van der Waals surface area (Å²) in [5.74, 6) is 0.550. The predicted molar refractivity (Wildman–Crippen MR) is 94.1 cm³/mol. The minimum Gasteiger partial charge on any atom is -0.379 e.